The van der Waals surface area contributed by atoms with Gasteiger partial charge in [-0.1, -0.05) is 29.8 Å². The molecule has 0 heterocycles. The lowest BCUT2D eigenvalue weighted by Crippen LogP contribution is -2.39. The summed E-state index contributed by atoms with van der Waals surface area (Å²) in [5.41, 5.74) is 5.67. The van der Waals surface area contributed by atoms with Crippen molar-refractivity contribution in [2.75, 3.05) is 25.9 Å². The van der Waals surface area contributed by atoms with Gasteiger partial charge in [-0.2, -0.15) is 0 Å². The molecule has 0 aliphatic carbocycles. The summed E-state index contributed by atoms with van der Waals surface area (Å²) >= 11 is 5.12. The standard InChI is InChI=1S/C15H23BrN2OS.ClH/c1-15(2,10-17)11-18(3)14(19)8-9-20-13-6-4-12(16)5-7-13;/h4-7H,8-11,17H2,1-3H3;1H. The molecule has 0 saturated carbocycles. The lowest BCUT2D eigenvalue weighted by Gasteiger charge is -2.29. The highest BCUT2D eigenvalue weighted by atomic mass is 79.9. The summed E-state index contributed by atoms with van der Waals surface area (Å²) < 4.78 is 1.07. The Labute approximate surface area is 146 Å². The number of amides is 1. The number of nitrogens with two attached hydrogens (primary N) is 1. The number of carbonyl (C=O) groups is 1. The fraction of sp³-hybridized carbons (Fsp3) is 0.533. The molecule has 0 saturated heterocycles. The second-order valence-electron chi connectivity index (χ2n) is 5.67. The van der Waals surface area contributed by atoms with Gasteiger partial charge in [0.15, 0.2) is 0 Å². The van der Waals surface area contributed by atoms with Crippen molar-refractivity contribution in [2.24, 2.45) is 11.1 Å². The third-order valence-corrected chi connectivity index (χ3v) is 4.58. The van der Waals surface area contributed by atoms with Gasteiger partial charge in [0.25, 0.3) is 0 Å². The van der Waals surface area contributed by atoms with Crippen LogP contribution in [0.25, 0.3) is 0 Å². The molecule has 0 radical (unpaired) electrons. The molecule has 120 valence electrons. The maximum atomic E-state index is 12.0. The van der Waals surface area contributed by atoms with Crippen LogP contribution < -0.4 is 5.73 Å². The Balaban J connectivity index is 0.00000400. The van der Waals surface area contributed by atoms with Gasteiger partial charge < -0.3 is 10.6 Å². The SMILES string of the molecule is CN(CC(C)(C)CN)C(=O)CCSc1ccc(Br)cc1.Cl. The van der Waals surface area contributed by atoms with Gasteiger partial charge >= 0.3 is 0 Å². The molecule has 1 amide bonds. The maximum absolute atomic E-state index is 12.0. The Morgan fingerprint density at radius 2 is 1.90 bits per heavy atom. The predicted octanol–water partition coefficient (Wildman–Crippen LogP) is 3.80. The molecule has 0 spiro atoms. The van der Waals surface area contributed by atoms with E-state index in [9.17, 15) is 4.79 Å². The number of halogens is 2. The zero-order valence-electron chi connectivity index (χ0n) is 12.8. The Morgan fingerprint density at radius 3 is 2.43 bits per heavy atom. The van der Waals surface area contributed by atoms with Crippen LogP contribution in [0.3, 0.4) is 0 Å². The first kappa shape index (κ1) is 20.8. The summed E-state index contributed by atoms with van der Waals surface area (Å²) in [7, 11) is 1.85. The molecule has 0 aliphatic heterocycles. The highest BCUT2D eigenvalue weighted by Gasteiger charge is 2.20. The summed E-state index contributed by atoms with van der Waals surface area (Å²) in [4.78, 5) is 15.0. The van der Waals surface area contributed by atoms with Crippen molar-refractivity contribution in [3.8, 4) is 0 Å². The highest BCUT2D eigenvalue weighted by molar-refractivity contribution is 9.10. The third-order valence-electron chi connectivity index (χ3n) is 3.04. The monoisotopic (exact) mass is 394 g/mol. The summed E-state index contributed by atoms with van der Waals surface area (Å²) in [5.74, 6) is 0.976. The summed E-state index contributed by atoms with van der Waals surface area (Å²) in [6.07, 6.45) is 0.553. The van der Waals surface area contributed by atoms with Gasteiger partial charge in [-0.3, -0.25) is 4.79 Å². The summed E-state index contributed by atoms with van der Waals surface area (Å²) in [6, 6.07) is 8.14. The van der Waals surface area contributed by atoms with E-state index in [0.29, 0.717) is 19.5 Å². The zero-order valence-corrected chi connectivity index (χ0v) is 16.0. The van der Waals surface area contributed by atoms with Crippen LogP contribution in [0.5, 0.6) is 0 Å². The number of thioether (sulfide) groups is 1. The molecule has 3 nitrogen and oxygen atoms in total. The van der Waals surface area contributed by atoms with E-state index in [1.165, 1.54) is 4.90 Å². The van der Waals surface area contributed by atoms with E-state index in [2.05, 4.69) is 41.9 Å². The van der Waals surface area contributed by atoms with Crippen molar-refractivity contribution in [3.63, 3.8) is 0 Å². The summed E-state index contributed by atoms with van der Waals surface area (Å²) in [5, 5.41) is 0. The van der Waals surface area contributed by atoms with Gasteiger partial charge in [0, 0.05) is 35.1 Å². The van der Waals surface area contributed by atoms with Crippen LogP contribution >= 0.6 is 40.1 Å². The van der Waals surface area contributed by atoms with Crippen molar-refractivity contribution < 1.29 is 4.79 Å². The Kier molecular flexibility index (Phi) is 9.61. The van der Waals surface area contributed by atoms with Gasteiger partial charge in [-0.05, 0) is 36.2 Å². The zero-order chi connectivity index (χ0) is 15.2. The maximum Gasteiger partial charge on any atom is 0.223 e. The molecule has 6 heteroatoms. The van der Waals surface area contributed by atoms with Crippen LogP contribution in [0, 0.1) is 5.41 Å². The average molecular weight is 396 g/mol. The first-order valence-electron chi connectivity index (χ1n) is 6.66. The molecule has 0 unspecified atom stereocenters. The first-order chi connectivity index (χ1) is 9.34. The minimum atomic E-state index is -0.0245. The number of hydrogen-bond acceptors (Lipinski definition) is 3. The molecule has 0 atom stereocenters. The van der Waals surface area contributed by atoms with Crippen LogP contribution in [0.1, 0.15) is 20.3 Å². The molecule has 1 aromatic rings. The summed E-state index contributed by atoms with van der Waals surface area (Å²) in [6.45, 7) is 5.43. The molecule has 0 fully saturated rings. The molecule has 2 N–H and O–H groups in total. The Hall–Kier alpha value is -0.230. The van der Waals surface area contributed by atoms with E-state index in [4.69, 9.17) is 5.73 Å². The number of nitrogens with zero attached hydrogens (tertiary/aromatic N) is 1. The minimum absolute atomic E-state index is 0. The van der Waals surface area contributed by atoms with E-state index in [1.807, 2.05) is 19.2 Å². The Morgan fingerprint density at radius 1 is 1.33 bits per heavy atom. The fourth-order valence-corrected chi connectivity index (χ4v) is 2.88. The normalized spacial score (nSPS) is 10.9. The van der Waals surface area contributed by atoms with E-state index in [0.717, 1.165) is 10.2 Å². The van der Waals surface area contributed by atoms with Crippen molar-refractivity contribution in [2.45, 2.75) is 25.2 Å². The van der Waals surface area contributed by atoms with E-state index in [-0.39, 0.29) is 23.7 Å². The molecule has 1 rings (SSSR count). The quantitative estimate of drug-likeness (QED) is 0.714. The lowest BCUT2D eigenvalue weighted by atomic mass is 9.93. The number of benzene rings is 1. The largest absolute Gasteiger partial charge is 0.345 e. The van der Waals surface area contributed by atoms with Crippen LogP contribution in [-0.2, 0) is 4.79 Å². The molecular formula is C15H24BrClN2OS. The molecule has 0 aromatic heterocycles. The molecule has 0 aliphatic rings. The van der Waals surface area contributed by atoms with Gasteiger partial charge in [-0.15, -0.1) is 24.2 Å². The fourth-order valence-electron chi connectivity index (χ4n) is 1.77. The second kappa shape index (κ2) is 9.72. The van der Waals surface area contributed by atoms with E-state index in [1.54, 1.807) is 16.7 Å². The Bertz CT molecular complexity index is 440. The second-order valence-corrected chi connectivity index (χ2v) is 7.75. The van der Waals surface area contributed by atoms with E-state index >= 15 is 0 Å². The van der Waals surface area contributed by atoms with Crippen molar-refractivity contribution in [1.29, 1.82) is 0 Å². The van der Waals surface area contributed by atoms with Gasteiger partial charge in [0.05, 0.1) is 0 Å². The average Bonchev–Trinajstić information content (AvgIpc) is 2.40. The number of rotatable bonds is 7. The van der Waals surface area contributed by atoms with Crippen molar-refractivity contribution in [3.05, 3.63) is 28.7 Å². The first-order valence-corrected chi connectivity index (χ1v) is 8.44. The number of carbonyl (C=O) groups excluding carboxylic acids is 1. The van der Waals surface area contributed by atoms with Gasteiger partial charge in [-0.25, -0.2) is 0 Å². The molecular weight excluding hydrogens is 372 g/mol. The molecule has 1 aromatic carbocycles. The topological polar surface area (TPSA) is 46.3 Å². The van der Waals surface area contributed by atoms with Crippen LogP contribution in [0.4, 0.5) is 0 Å². The van der Waals surface area contributed by atoms with Crippen LogP contribution in [0.2, 0.25) is 0 Å². The molecule has 21 heavy (non-hydrogen) atoms. The third kappa shape index (κ3) is 8.10. The minimum Gasteiger partial charge on any atom is -0.345 e. The highest BCUT2D eigenvalue weighted by Crippen LogP contribution is 2.21. The van der Waals surface area contributed by atoms with E-state index < -0.39 is 0 Å². The number of hydrogen-bond donors (Lipinski definition) is 1. The lowest BCUT2D eigenvalue weighted by molar-refractivity contribution is -0.130. The van der Waals surface area contributed by atoms with Crippen molar-refractivity contribution in [1.82, 2.24) is 4.90 Å². The molecule has 0 bridgehead atoms. The smallest absolute Gasteiger partial charge is 0.223 e. The van der Waals surface area contributed by atoms with Crippen LogP contribution in [-0.4, -0.2) is 36.7 Å². The van der Waals surface area contributed by atoms with Crippen LogP contribution in [0.15, 0.2) is 33.6 Å². The van der Waals surface area contributed by atoms with Gasteiger partial charge in [0.2, 0.25) is 5.91 Å². The van der Waals surface area contributed by atoms with Crippen molar-refractivity contribution >= 4 is 46.0 Å². The van der Waals surface area contributed by atoms with Gasteiger partial charge in [0.1, 0.15) is 0 Å². The predicted molar refractivity (Wildman–Crippen MR) is 97.2 cm³/mol.